The van der Waals surface area contributed by atoms with Gasteiger partial charge in [-0.3, -0.25) is 4.79 Å². The lowest BCUT2D eigenvalue weighted by molar-refractivity contribution is -0.420. The van der Waals surface area contributed by atoms with E-state index in [-0.39, 0.29) is 34.7 Å². The Balaban J connectivity index is 1.15. The molecule has 38 heavy (non-hydrogen) atoms. The number of hydrogen-bond acceptors (Lipinski definition) is 9. The standard InChI is InChI=1S/C29H40O9/c1-14-23(31)24(32)29(34)25(36-14)37-21-12-26(2)16(11-20(21)38-29)4-5-19-18(26)6-8-27(3)17(7-9-28(19,27)33)15-10-22(30)35-13-15/h10,14,16-21,23,25,31,33-34H,4-9,11-13H2,1-3H3. The van der Waals surface area contributed by atoms with Crippen LogP contribution in [0.3, 0.4) is 0 Å². The number of carbonyl (C=O) groups excluding carboxylic acids is 2. The van der Waals surface area contributed by atoms with E-state index in [0.717, 1.165) is 44.1 Å². The Morgan fingerprint density at radius 2 is 1.76 bits per heavy atom. The Bertz CT molecular complexity index is 1090. The minimum Gasteiger partial charge on any atom is -0.458 e. The second kappa shape index (κ2) is 8.10. The van der Waals surface area contributed by atoms with E-state index in [9.17, 15) is 24.9 Å². The summed E-state index contributed by atoms with van der Waals surface area (Å²) in [5, 5.41) is 33.7. The van der Waals surface area contributed by atoms with Crippen LogP contribution in [0.1, 0.15) is 72.1 Å². The van der Waals surface area contributed by atoms with Crippen molar-refractivity contribution in [3.63, 3.8) is 0 Å². The van der Waals surface area contributed by atoms with Crippen molar-refractivity contribution in [2.45, 2.75) is 114 Å². The van der Waals surface area contributed by atoms with Gasteiger partial charge in [-0.25, -0.2) is 4.79 Å². The summed E-state index contributed by atoms with van der Waals surface area (Å²) in [6.45, 7) is 6.48. The van der Waals surface area contributed by atoms with Gasteiger partial charge >= 0.3 is 5.97 Å². The number of ketones is 1. The summed E-state index contributed by atoms with van der Waals surface area (Å²) in [6.07, 6.45) is 4.02. The first-order valence-electron chi connectivity index (χ1n) is 14.4. The van der Waals surface area contributed by atoms with Crippen LogP contribution in [0.4, 0.5) is 0 Å². The lowest BCUT2D eigenvalue weighted by atomic mass is 9.43. The number of hydrogen-bond donors (Lipinski definition) is 3. The molecule has 7 rings (SSSR count). The van der Waals surface area contributed by atoms with Crippen LogP contribution in [0.25, 0.3) is 0 Å². The molecule has 13 atom stereocenters. The van der Waals surface area contributed by atoms with E-state index in [1.54, 1.807) is 13.0 Å². The highest BCUT2D eigenvalue weighted by Crippen LogP contribution is 2.70. The molecule has 0 spiro atoms. The van der Waals surface area contributed by atoms with Gasteiger partial charge in [0.15, 0.2) is 0 Å². The number of esters is 1. The predicted molar refractivity (Wildman–Crippen MR) is 131 cm³/mol. The fraction of sp³-hybridized carbons (Fsp3) is 0.862. The van der Waals surface area contributed by atoms with Crippen molar-refractivity contribution >= 4 is 11.8 Å². The second-order valence-corrected chi connectivity index (χ2v) is 13.7. The maximum atomic E-state index is 12.8. The zero-order valence-corrected chi connectivity index (χ0v) is 22.4. The van der Waals surface area contributed by atoms with Gasteiger partial charge in [-0.1, -0.05) is 13.8 Å². The number of aliphatic hydroxyl groups is 3. The summed E-state index contributed by atoms with van der Waals surface area (Å²) in [6, 6.07) is 0. The van der Waals surface area contributed by atoms with E-state index < -0.39 is 41.8 Å². The Labute approximate surface area is 222 Å². The molecule has 2 saturated heterocycles. The van der Waals surface area contributed by atoms with Crippen molar-refractivity contribution in [3.05, 3.63) is 11.6 Å². The molecule has 3 heterocycles. The zero-order chi connectivity index (χ0) is 26.8. The first-order valence-corrected chi connectivity index (χ1v) is 14.4. The molecule has 6 fully saturated rings. The van der Waals surface area contributed by atoms with Gasteiger partial charge in [0.25, 0.3) is 5.79 Å². The highest BCUT2D eigenvalue weighted by molar-refractivity contribution is 5.91. The van der Waals surface area contributed by atoms with Gasteiger partial charge in [0.2, 0.25) is 12.1 Å². The molecule has 4 saturated carbocycles. The van der Waals surface area contributed by atoms with Crippen LogP contribution in [0.15, 0.2) is 11.6 Å². The minimum atomic E-state index is -2.29. The maximum absolute atomic E-state index is 12.8. The van der Waals surface area contributed by atoms with E-state index in [0.29, 0.717) is 31.3 Å². The number of rotatable bonds is 1. The molecule has 0 aromatic rings. The summed E-state index contributed by atoms with van der Waals surface area (Å²) >= 11 is 0. The van der Waals surface area contributed by atoms with Crippen molar-refractivity contribution in [1.29, 1.82) is 0 Å². The molecular weight excluding hydrogens is 492 g/mol. The molecule has 0 bridgehead atoms. The number of cyclic esters (lactones) is 1. The smallest absolute Gasteiger partial charge is 0.331 e. The molecule has 9 nitrogen and oxygen atoms in total. The number of carbonyl (C=O) groups is 2. The SMILES string of the molecule is CC1OC2OC3CC4(C)C(CCC5C4CCC4(C)C(C6=CC(=O)OC6)CCC54O)CC3OC2(O)C(=O)C1O. The third-order valence-electron chi connectivity index (χ3n) is 12.3. The normalized spacial score (nSPS) is 57.6. The monoisotopic (exact) mass is 532 g/mol. The highest BCUT2D eigenvalue weighted by atomic mass is 16.8. The van der Waals surface area contributed by atoms with Crippen LogP contribution in [0.2, 0.25) is 0 Å². The molecule has 0 aromatic heterocycles. The summed E-state index contributed by atoms with van der Waals surface area (Å²) in [4.78, 5) is 24.6. The number of Topliss-reactive ketones (excluding diaryl/α,β-unsaturated/α-hetero) is 1. The number of ether oxygens (including phenoxy) is 4. The van der Waals surface area contributed by atoms with Crippen molar-refractivity contribution in [2.24, 2.45) is 34.5 Å². The zero-order valence-electron chi connectivity index (χ0n) is 22.4. The van der Waals surface area contributed by atoms with E-state index in [1.807, 2.05) is 0 Å². The number of fused-ring (bicyclic) bond motifs is 7. The molecule has 210 valence electrons. The van der Waals surface area contributed by atoms with Gasteiger partial charge in [0, 0.05) is 11.5 Å². The minimum absolute atomic E-state index is 0.0897. The van der Waals surface area contributed by atoms with E-state index in [2.05, 4.69) is 13.8 Å². The predicted octanol–water partition coefficient (Wildman–Crippen LogP) is 2.00. The van der Waals surface area contributed by atoms with Gasteiger partial charge < -0.3 is 34.3 Å². The van der Waals surface area contributed by atoms with Crippen LogP contribution < -0.4 is 0 Å². The Morgan fingerprint density at radius 3 is 2.50 bits per heavy atom. The average Bonchev–Trinajstić information content (AvgIpc) is 3.41. The number of aliphatic hydroxyl groups excluding tert-OH is 1. The second-order valence-electron chi connectivity index (χ2n) is 13.7. The molecule has 0 aromatic carbocycles. The van der Waals surface area contributed by atoms with Crippen LogP contribution in [0.5, 0.6) is 0 Å². The molecule has 0 amide bonds. The lowest BCUT2D eigenvalue weighted by Gasteiger charge is -2.65. The maximum Gasteiger partial charge on any atom is 0.331 e. The van der Waals surface area contributed by atoms with Gasteiger partial charge in [0.05, 0.1) is 23.9 Å². The van der Waals surface area contributed by atoms with Gasteiger partial charge in [-0.15, -0.1) is 0 Å². The lowest BCUT2D eigenvalue weighted by Crippen LogP contribution is -2.72. The van der Waals surface area contributed by atoms with Gasteiger partial charge in [-0.2, -0.15) is 0 Å². The molecule has 0 radical (unpaired) electrons. The summed E-state index contributed by atoms with van der Waals surface area (Å²) in [5.41, 5.74) is -0.142. The summed E-state index contributed by atoms with van der Waals surface area (Å²) in [7, 11) is 0. The molecule has 9 heteroatoms. The van der Waals surface area contributed by atoms with Crippen molar-refractivity contribution in [3.8, 4) is 0 Å². The molecule has 13 unspecified atom stereocenters. The quantitative estimate of drug-likeness (QED) is 0.343. The Morgan fingerprint density at radius 1 is 0.974 bits per heavy atom. The Hall–Kier alpha value is -1.36. The van der Waals surface area contributed by atoms with E-state index in [1.165, 1.54) is 0 Å². The third-order valence-corrected chi connectivity index (χ3v) is 12.3. The molecule has 3 N–H and O–H groups in total. The average molecular weight is 533 g/mol. The molecule has 3 aliphatic heterocycles. The van der Waals surface area contributed by atoms with E-state index >= 15 is 0 Å². The molecular formula is C29H40O9. The summed E-state index contributed by atoms with van der Waals surface area (Å²) < 4.78 is 23.2. The molecule has 4 aliphatic carbocycles. The van der Waals surface area contributed by atoms with Crippen LogP contribution in [0, 0.1) is 34.5 Å². The first kappa shape index (κ1) is 25.6. The van der Waals surface area contributed by atoms with Gasteiger partial charge in [0.1, 0.15) is 12.7 Å². The third kappa shape index (κ3) is 3.15. The topological polar surface area (TPSA) is 132 Å². The van der Waals surface area contributed by atoms with Crippen molar-refractivity contribution < 1.29 is 43.9 Å². The van der Waals surface area contributed by atoms with Gasteiger partial charge in [-0.05, 0) is 93.0 Å². The van der Waals surface area contributed by atoms with Crippen molar-refractivity contribution in [2.75, 3.05) is 6.61 Å². The van der Waals surface area contributed by atoms with Crippen LogP contribution in [-0.2, 0) is 28.5 Å². The fourth-order valence-corrected chi connectivity index (χ4v) is 10.2. The fourth-order valence-electron chi connectivity index (χ4n) is 10.2. The highest BCUT2D eigenvalue weighted by Gasteiger charge is 2.70. The van der Waals surface area contributed by atoms with Crippen LogP contribution in [-0.4, -0.2) is 75.8 Å². The molecule has 7 aliphatic rings. The largest absolute Gasteiger partial charge is 0.458 e. The first-order chi connectivity index (χ1) is 17.9. The Kier molecular flexibility index (Phi) is 5.46. The van der Waals surface area contributed by atoms with Crippen LogP contribution >= 0.6 is 0 Å². The van der Waals surface area contributed by atoms with Crippen molar-refractivity contribution in [1.82, 2.24) is 0 Å². The van der Waals surface area contributed by atoms with E-state index in [4.69, 9.17) is 18.9 Å². The summed E-state index contributed by atoms with van der Waals surface area (Å²) in [5.74, 6) is -2.42.